The predicted molar refractivity (Wildman–Crippen MR) is 139 cm³/mol. The van der Waals surface area contributed by atoms with Gasteiger partial charge in [0.05, 0.1) is 10.3 Å². The second kappa shape index (κ2) is 10.6. The van der Waals surface area contributed by atoms with Crippen LogP contribution in [0.1, 0.15) is 33.6 Å². The summed E-state index contributed by atoms with van der Waals surface area (Å²) in [5.74, 6) is 1.21. The molecule has 0 bridgehead atoms. The number of hydrogen-bond acceptors (Lipinski definition) is 7. The smallest absolute Gasteiger partial charge is 0.261 e. The van der Waals surface area contributed by atoms with Gasteiger partial charge >= 0.3 is 0 Å². The fraction of sp³-hybridized carbons (Fsp3) is 0.500. The predicted octanol–water partition coefficient (Wildman–Crippen LogP) is 3.53. The van der Waals surface area contributed by atoms with E-state index in [1.807, 2.05) is 19.1 Å². The summed E-state index contributed by atoms with van der Waals surface area (Å²) in [7, 11) is 2.14. The Balaban J connectivity index is 1.18. The van der Waals surface area contributed by atoms with Gasteiger partial charge in [-0.2, -0.15) is 0 Å². The summed E-state index contributed by atoms with van der Waals surface area (Å²) in [4.78, 5) is 30.9. The summed E-state index contributed by atoms with van der Waals surface area (Å²) in [5.41, 5.74) is 2.11. The first-order chi connectivity index (χ1) is 17.0. The van der Waals surface area contributed by atoms with Crippen LogP contribution in [0.25, 0.3) is 10.2 Å². The number of nitrogens with zero attached hydrogens (tertiary/aromatic N) is 5. The zero-order chi connectivity index (χ0) is 24.4. The Labute approximate surface area is 210 Å². The minimum Gasteiger partial charge on any atom is -0.353 e. The number of piperazine rings is 1. The summed E-state index contributed by atoms with van der Waals surface area (Å²) in [6, 6.07) is 6.75. The van der Waals surface area contributed by atoms with Crippen LogP contribution < -0.4 is 10.2 Å². The van der Waals surface area contributed by atoms with Crippen molar-refractivity contribution in [3.8, 4) is 0 Å². The SMILES string of the molecule is Cc1c(C(=O)NCC2CCN(Cc3ccc(F)cc3)CC2)sc2ncnc(N3CCN(C)CC3)c12. The number of aromatic nitrogens is 2. The monoisotopic (exact) mass is 496 g/mol. The van der Waals surface area contributed by atoms with Gasteiger partial charge in [0.2, 0.25) is 0 Å². The van der Waals surface area contributed by atoms with Gasteiger partial charge in [0.25, 0.3) is 5.91 Å². The van der Waals surface area contributed by atoms with Crippen molar-refractivity contribution in [3.05, 3.63) is 52.4 Å². The first-order valence-corrected chi connectivity index (χ1v) is 13.2. The molecule has 4 heterocycles. The summed E-state index contributed by atoms with van der Waals surface area (Å²) < 4.78 is 13.1. The molecule has 0 unspecified atom stereocenters. The van der Waals surface area contributed by atoms with Crippen molar-refractivity contribution in [3.63, 3.8) is 0 Å². The number of likely N-dealkylation sites (tertiary alicyclic amines) is 1. The number of thiophene rings is 1. The maximum Gasteiger partial charge on any atom is 0.261 e. The van der Waals surface area contributed by atoms with Crippen molar-refractivity contribution < 1.29 is 9.18 Å². The molecule has 2 aromatic heterocycles. The zero-order valence-corrected chi connectivity index (χ0v) is 21.3. The number of nitrogens with one attached hydrogen (secondary N) is 1. The summed E-state index contributed by atoms with van der Waals surface area (Å²) >= 11 is 1.46. The summed E-state index contributed by atoms with van der Waals surface area (Å²) in [6.45, 7) is 9.40. The Morgan fingerprint density at radius 3 is 2.51 bits per heavy atom. The molecule has 35 heavy (non-hydrogen) atoms. The lowest BCUT2D eigenvalue weighted by Crippen LogP contribution is -2.44. The van der Waals surface area contributed by atoms with Crippen LogP contribution in [0.2, 0.25) is 0 Å². The Kier molecular flexibility index (Phi) is 7.27. The van der Waals surface area contributed by atoms with Crippen molar-refractivity contribution in [2.24, 2.45) is 5.92 Å². The van der Waals surface area contributed by atoms with Gasteiger partial charge in [-0.1, -0.05) is 12.1 Å². The van der Waals surface area contributed by atoms with Crippen LogP contribution in [0.5, 0.6) is 0 Å². The normalized spacial score (nSPS) is 18.3. The average Bonchev–Trinajstić information content (AvgIpc) is 3.22. The van der Waals surface area contributed by atoms with Crippen molar-refractivity contribution >= 4 is 33.3 Å². The highest BCUT2D eigenvalue weighted by molar-refractivity contribution is 7.20. The molecule has 0 atom stereocenters. The topological polar surface area (TPSA) is 64.6 Å². The average molecular weight is 497 g/mol. The van der Waals surface area contributed by atoms with E-state index in [0.29, 0.717) is 12.5 Å². The Hall–Kier alpha value is -2.62. The molecular weight excluding hydrogens is 463 g/mol. The van der Waals surface area contributed by atoms with Crippen LogP contribution in [-0.4, -0.2) is 78.5 Å². The van der Waals surface area contributed by atoms with E-state index in [9.17, 15) is 9.18 Å². The van der Waals surface area contributed by atoms with Gasteiger partial charge in [-0.3, -0.25) is 9.69 Å². The Morgan fingerprint density at radius 1 is 1.09 bits per heavy atom. The second-order valence-corrected chi connectivity index (χ2v) is 10.8. The summed E-state index contributed by atoms with van der Waals surface area (Å²) in [5, 5.41) is 4.20. The number of fused-ring (bicyclic) bond motifs is 1. The fourth-order valence-electron chi connectivity index (χ4n) is 5.04. The van der Waals surface area contributed by atoms with Gasteiger partial charge in [-0.25, -0.2) is 14.4 Å². The maximum atomic E-state index is 13.1. The number of aryl methyl sites for hydroxylation is 1. The largest absolute Gasteiger partial charge is 0.353 e. The van der Waals surface area contributed by atoms with E-state index in [1.54, 1.807) is 6.33 Å². The molecule has 0 spiro atoms. The molecule has 3 aromatic rings. The Morgan fingerprint density at radius 2 is 1.80 bits per heavy atom. The number of carbonyl (C=O) groups is 1. The third-order valence-electron chi connectivity index (χ3n) is 7.29. The molecule has 2 aliphatic heterocycles. The van der Waals surface area contributed by atoms with E-state index in [2.05, 4.69) is 37.0 Å². The molecule has 0 radical (unpaired) electrons. The summed E-state index contributed by atoms with van der Waals surface area (Å²) in [6.07, 6.45) is 3.71. The number of likely N-dealkylation sites (N-methyl/N-ethyl adjacent to an activating group) is 1. The van der Waals surface area contributed by atoms with Gasteiger partial charge in [-0.05, 0) is 69.1 Å². The molecule has 2 aliphatic rings. The van der Waals surface area contributed by atoms with Gasteiger partial charge in [0, 0.05) is 39.3 Å². The number of anilines is 1. The van der Waals surface area contributed by atoms with E-state index in [-0.39, 0.29) is 11.7 Å². The second-order valence-electron chi connectivity index (χ2n) is 9.78. The maximum absolute atomic E-state index is 13.1. The van der Waals surface area contributed by atoms with Crippen LogP contribution in [0.4, 0.5) is 10.2 Å². The third-order valence-corrected chi connectivity index (χ3v) is 8.49. The lowest BCUT2D eigenvalue weighted by molar-refractivity contribution is 0.0939. The number of halogens is 1. The molecule has 1 aromatic carbocycles. The minimum atomic E-state index is -0.195. The van der Waals surface area contributed by atoms with Crippen molar-refractivity contribution in [2.45, 2.75) is 26.3 Å². The molecule has 2 saturated heterocycles. The molecule has 0 aliphatic carbocycles. The van der Waals surface area contributed by atoms with Gasteiger partial charge in [0.1, 0.15) is 22.8 Å². The number of piperidine rings is 1. The van der Waals surface area contributed by atoms with E-state index in [4.69, 9.17) is 0 Å². The number of amides is 1. The molecule has 1 amide bonds. The van der Waals surface area contributed by atoms with E-state index >= 15 is 0 Å². The molecule has 2 fully saturated rings. The lowest BCUT2D eigenvalue weighted by atomic mass is 9.96. The van der Waals surface area contributed by atoms with Crippen LogP contribution >= 0.6 is 11.3 Å². The molecule has 5 rings (SSSR count). The van der Waals surface area contributed by atoms with Gasteiger partial charge < -0.3 is 15.1 Å². The highest BCUT2D eigenvalue weighted by Gasteiger charge is 2.25. The minimum absolute atomic E-state index is 0.0106. The number of hydrogen-bond donors (Lipinski definition) is 1. The van der Waals surface area contributed by atoms with Crippen LogP contribution in [0.3, 0.4) is 0 Å². The zero-order valence-electron chi connectivity index (χ0n) is 20.5. The fourth-order valence-corrected chi connectivity index (χ4v) is 6.10. The highest BCUT2D eigenvalue weighted by Crippen LogP contribution is 2.35. The van der Waals surface area contributed by atoms with Crippen molar-refractivity contribution in [1.82, 2.24) is 25.1 Å². The number of benzene rings is 1. The van der Waals surface area contributed by atoms with E-state index < -0.39 is 0 Å². The quantitative estimate of drug-likeness (QED) is 0.563. The third kappa shape index (κ3) is 5.47. The lowest BCUT2D eigenvalue weighted by Gasteiger charge is -2.33. The van der Waals surface area contributed by atoms with Crippen molar-refractivity contribution in [2.75, 3.05) is 57.8 Å². The number of rotatable bonds is 6. The van der Waals surface area contributed by atoms with Gasteiger partial charge in [-0.15, -0.1) is 11.3 Å². The first-order valence-electron chi connectivity index (χ1n) is 12.4. The molecular formula is C26H33FN6OS. The molecule has 7 nitrogen and oxygen atoms in total. The Bertz CT molecular complexity index is 1170. The standard InChI is InChI=1S/C26H33FN6OS/c1-18-22-24(33-13-11-31(2)12-14-33)29-17-30-26(22)35-23(18)25(34)28-15-19-7-9-32(10-8-19)16-20-3-5-21(27)6-4-20/h3-6,17,19H,7-16H2,1-2H3,(H,28,34). The van der Waals surface area contributed by atoms with Crippen LogP contribution in [0, 0.1) is 18.7 Å². The van der Waals surface area contributed by atoms with Crippen LogP contribution in [0.15, 0.2) is 30.6 Å². The molecule has 186 valence electrons. The van der Waals surface area contributed by atoms with Crippen LogP contribution in [-0.2, 0) is 6.54 Å². The highest BCUT2D eigenvalue weighted by atomic mass is 32.1. The molecule has 9 heteroatoms. The van der Waals surface area contributed by atoms with E-state index in [1.165, 1.54) is 23.5 Å². The number of carbonyl (C=O) groups excluding carboxylic acids is 1. The van der Waals surface area contributed by atoms with Crippen molar-refractivity contribution in [1.29, 1.82) is 0 Å². The first kappa shape index (κ1) is 24.1. The van der Waals surface area contributed by atoms with Gasteiger partial charge in [0.15, 0.2) is 0 Å². The molecule has 0 saturated carbocycles. The van der Waals surface area contributed by atoms with E-state index in [0.717, 1.165) is 90.7 Å². The molecule has 1 N–H and O–H groups in total.